The molecule has 158 valence electrons. The quantitative estimate of drug-likeness (QED) is 0.476. The molecule has 31 heavy (non-hydrogen) atoms. The summed E-state index contributed by atoms with van der Waals surface area (Å²) in [5.41, 5.74) is 2.95. The zero-order chi connectivity index (χ0) is 21.8. The number of carbonyl (C=O) groups excluding carboxylic acids is 3. The van der Waals surface area contributed by atoms with Crippen LogP contribution in [0.2, 0.25) is 0 Å². The van der Waals surface area contributed by atoms with Gasteiger partial charge in [0.1, 0.15) is 0 Å². The Balaban J connectivity index is 1.38. The summed E-state index contributed by atoms with van der Waals surface area (Å²) in [5.74, 6) is -0.520. The molecule has 8 nitrogen and oxygen atoms in total. The zero-order valence-electron chi connectivity index (χ0n) is 16.9. The molecule has 1 saturated carbocycles. The van der Waals surface area contributed by atoms with E-state index in [-0.39, 0.29) is 29.6 Å². The van der Waals surface area contributed by atoms with Crippen LogP contribution < -0.4 is 21.3 Å². The predicted molar refractivity (Wildman–Crippen MR) is 117 cm³/mol. The maximum Gasteiger partial charge on any atom is 0.319 e. The molecule has 1 aliphatic rings. The van der Waals surface area contributed by atoms with Gasteiger partial charge in [0, 0.05) is 28.7 Å². The van der Waals surface area contributed by atoms with E-state index in [1.54, 1.807) is 54.6 Å². The second kappa shape index (κ2) is 8.74. The van der Waals surface area contributed by atoms with E-state index < -0.39 is 0 Å². The summed E-state index contributed by atoms with van der Waals surface area (Å²) < 4.78 is 5.10. The van der Waals surface area contributed by atoms with E-state index in [4.69, 9.17) is 4.42 Å². The molecule has 0 spiro atoms. The highest BCUT2D eigenvalue weighted by atomic mass is 16.3. The number of hydrogen-bond donors (Lipinski definition) is 4. The van der Waals surface area contributed by atoms with Crippen LogP contribution in [0.1, 0.15) is 39.3 Å². The van der Waals surface area contributed by atoms with Crippen molar-refractivity contribution in [2.24, 2.45) is 0 Å². The Morgan fingerprint density at radius 3 is 2.23 bits per heavy atom. The Morgan fingerprint density at radius 1 is 0.871 bits per heavy atom. The van der Waals surface area contributed by atoms with Crippen LogP contribution in [-0.4, -0.2) is 23.9 Å². The molecule has 0 radical (unpaired) electrons. The van der Waals surface area contributed by atoms with Crippen molar-refractivity contribution in [3.63, 3.8) is 0 Å². The van der Waals surface area contributed by atoms with Crippen molar-refractivity contribution in [2.75, 3.05) is 16.0 Å². The molecule has 0 atom stereocenters. The molecule has 1 fully saturated rings. The number of amides is 4. The number of aryl methyl sites for hydroxylation is 1. The number of urea groups is 1. The van der Waals surface area contributed by atoms with E-state index in [1.807, 2.05) is 6.92 Å². The summed E-state index contributed by atoms with van der Waals surface area (Å²) in [6, 6.07) is 15.1. The number of benzene rings is 2. The lowest BCUT2D eigenvalue weighted by Crippen LogP contribution is -2.30. The highest BCUT2D eigenvalue weighted by Gasteiger charge is 2.23. The van der Waals surface area contributed by atoms with Gasteiger partial charge in [-0.1, -0.05) is 6.07 Å². The molecule has 1 aliphatic carbocycles. The summed E-state index contributed by atoms with van der Waals surface area (Å²) in [7, 11) is 0. The van der Waals surface area contributed by atoms with Crippen molar-refractivity contribution in [3.05, 3.63) is 77.7 Å². The predicted octanol–water partition coefficient (Wildman–Crippen LogP) is 4.38. The molecule has 0 aliphatic heterocycles. The molecule has 3 aromatic rings. The van der Waals surface area contributed by atoms with E-state index in [1.165, 1.54) is 6.26 Å². The van der Waals surface area contributed by atoms with Gasteiger partial charge in [0.25, 0.3) is 11.8 Å². The third kappa shape index (κ3) is 5.30. The maximum atomic E-state index is 12.7. The molecule has 1 heterocycles. The first-order valence-corrected chi connectivity index (χ1v) is 9.92. The number of furan rings is 1. The first kappa shape index (κ1) is 20.2. The van der Waals surface area contributed by atoms with Gasteiger partial charge in [-0.2, -0.15) is 0 Å². The molecule has 0 bridgehead atoms. The molecule has 0 unspecified atom stereocenters. The lowest BCUT2D eigenvalue weighted by Gasteiger charge is -2.11. The topological polar surface area (TPSA) is 112 Å². The summed E-state index contributed by atoms with van der Waals surface area (Å²) in [6.45, 7) is 1.84. The van der Waals surface area contributed by atoms with Crippen LogP contribution in [0.5, 0.6) is 0 Å². The standard InChI is InChI=1S/C23H22N4O4/c1-14-4-5-15(13-19(14)27-22(29)20-3-2-12-31-20)21(28)24-16-6-8-17(9-7-16)25-23(30)26-18-10-11-18/h2-9,12-13,18H,10-11H2,1H3,(H,24,28)(H,27,29)(H2,25,26,30). The second-order valence-corrected chi connectivity index (χ2v) is 7.37. The minimum atomic E-state index is -0.389. The fraction of sp³-hybridized carbons (Fsp3) is 0.174. The summed E-state index contributed by atoms with van der Waals surface area (Å²) in [6.07, 6.45) is 3.46. The summed E-state index contributed by atoms with van der Waals surface area (Å²) >= 11 is 0. The molecule has 4 rings (SSSR count). The van der Waals surface area contributed by atoms with Gasteiger partial charge in [-0.3, -0.25) is 9.59 Å². The third-order valence-corrected chi connectivity index (χ3v) is 4.81. The zero-order valence-corrected chi connectivity index (χ0v) is 16.9. The minimum absolute atomic E-state index is 0.189. The van der Waals surface area contributed by atoms with Gasteiger partial charge in [-0.15, -0.1) is 0 Å². The second-order valence-electron chi connectivity index (χ2n) is 7.37. The van der Waals surface area contributed by atoms with Crippen molar-refractivity contribution in [3.8, 4) is 0 Å². The fourth-order valence-electron chi connectivity index (χ4n) is 2.91. The Labute approximate surface area is 179 Å². The van der Waals surface area contributed by atoms with E-state index in [0.29, 0.717) is 22.6 Å². The number of carbonyl (C=O) groups is 3. The lowest BCUT2D eigenvalue weighted by atomic mass is 10.1. The van der Waals surface area contributed by atoms with Crippen molar-refractivity contribution in [2.45, 2.75) is 25.8 Å². The molecule has 4 N–H and O–H groups in total. The van der Waals surface area contributed by atoms with Gasteiger partial charge in [0.2, 0.25) is 0 Å². The smallest absolute Gasteiger partial charge is 0.319 e. The average molecular weight is 418 g/mol. The van der Waals surface area contributed by atoms with Crippen LogP contribution >= 0.6 is 0 Å². The number of hydrogen-bond acceptors (Lipinski definition) is 4. The average Bonchev–Trinajstić information content (AvgIpc) is 3.38. The van der Waals surface area contributed by atoms with Crippen LogP contribution in [0.15, 0.2) is 65.3 Å². The highest BCUT2D eigenvalue weighted by molar-refractivity contribution is 6.07. The SMILES string of the molecule is Cc1ccc(C(=O)Nc2ccc(NC(=O)NC3CC3)cc2)cc1NC(=O)c1ccco1. The Morgan fingerprint density at radius 2 is 1.58 bits per heavy atom. The lowest BCUT2D eigenvalue weighted by molar-refractivity contribution is 0.0993. The normalized spacial score (nSPS) is 12.7. The van der Waals surface area contributed by atoms with Crippen LogP contribution in [-0.2, 0) is 0 Å². The van der Waals surface area contributed by atoms with Crippen molar-refractivity contribution in [1.82, 2.24) is 5.32 Å². The monoisotopic (exact) mass is 418 g/mol. The van der Waals surface area contributed by atoms with E-state index in [0.717, 1.165) is 18.4 Å². The van der Waals surface area contributed by atoms with Gasteiger partial charge in [-0.25, -0.2) is 4.79 Å². The Hall–Kier alpha value is -4.07. The number of nitrogens with one attached hydrogen (secondary N) is 4. The van der Waals surface area contributed by atoms with Crippen molar-refractivity contribution in [1.29, 1.82) is 0 Å². The van der Waals surface area contributed by atoms with Gasteiger partial charge < -0.3 is 25.7 Å². The molecule has 0 saturated heterocycles. The fourth-order valence-corrected chi connectivity index (χ4v) is 2.91. The Bertz CT molecular complexity index is 1100. The summed E-state index contributed by atoms with van der Waals surface area (Å²) in [4.78, 5) is 36.7. The largest absolute Gasteiger partial charge is 0.459 e. The Kier molecular flexibility index (Phi) is 5.70. The van der Waals surface area contributed by atoms with Gasteiger partial charge in [0.05, 0.1) is 6.26 Å². The van der Waals surface area contributed by atoms with Crippen LogP contribution in [0.3, 0.4) is 0 Å². The van der Waals surface area contributed by atoms with Gasteiger partial charge in [0.15, 0.2) is 5.76 Å². The van der Waals surface area contributed by atoms with Crippen molar-refractivity contribution >= 4 is 34.9 Å². The molecular weight excluding hydrogens is 396 g/mol. The first-order valence-electron chi connectivity index (χ1n) is 9.92. The van der Waals surface area contributed by atoms with E-state index in [2.05, 4.69) is 21.3 Å². The third-order valence-electron chi connectivity index (χ3n) is 4.81. The molecule has 4 amide bonds. The van der Waals surface area contributed by atoms with Gasteiger partial charge >= 0.3 is 6.03 Å². The minimum Gasteiger partial charge on any atom is -0.459 e. The molecule has 1 aromatic heterocycles. The van der Waals surface area contributed by atoms with Gasteiger partial charge in [-0.05, 0) is 73.9 Å². The van der Waals surface area contributed by atoms with E-state index >= 15 is 0 Å². The van der Waals surface area contributed by atoms with Crippen molar-refractivity contribution < 1.29 is 18.8 Å². The van der Waals surface area contributed by atoms with Crippen LogP contribution in [0.4, 0.5) is 21.9 Å². The van der Waals surface area contributed by atoms with Crippen LogP contribution in [0, 0.1) is 6.92 Å². The number of anilines is 3. The summed E-state index contributed by atoms with van der Waals surface area (Å²) in [5, 5.41) is 11.2. The molecular formula is C23H22N4O4. The van der Waals surface area contributed by atoms with Crippen LogP contribution in [0.25, 0.3) is 0 Å². The molecule has 2 aromatic carbocycles. The number of rotatable bonds is 6. The molecule has 8 heteroatoms. The first-order chi connectivity index (χ1) is 15.0. The van der Waals surface area contributed by atoms with E-state index in [9.17, 15) is 14.4 Å². The maximum absolute atomic E-state index is 12.7. The highest BCUT2D eigenvalue weighted by Crippen LogP contribution is 2.21.